The van der Waals surface area contributed by atoms with Crippen LogP contribution in [0.25, 0.3) is 22.3 Å². The number of nitrogens with zero attached hydrogens (tertiary/aromatic N) is 7. The highest BCUT2D eigenvalue weighted by molar-refractivity contribution is 5.83. The molecular formula is C26H24F3N7O. The third kappa shape index (κ3) is 5.05. The number of pyridine rings is 2. The predicted molar refractivity (Wildman–Crippen MR) is 131 cm³/mol. The number of anilines is 1. The molecule has 4 aromatic rings. The van der Waals surface area contributed by atoms with Crippen LogP contribution in [0.3, 0.4) is 0 Å². The second-order valence-corrected chi connectivity index (χ2v) is 9.19. The molecule has 1 aliphatic heterocycles. The third-order valence-electron chi connectivity index (χ3n) is 6.58. The first-order chi connectivity index (χ1) is 17.7. The summed E-state index contributed by atoms with van der Waals surface area (Å²) >= 11 is 0. The second-order valence-electron chi connectivity index (χ2n) is 9.19. The maximum Gasteiger partial charge on any atom is 0.419 e. The number of nitriles is 1. The van der Waals surface area contributed by atoms with Gasteiger partial charge in [0, 0.05) is 31.9 Å². The first kappa shape index (κ1) is 24.5. The van der Waals surface area contributed by atoms with Crippen molar-refractivity contribution >= 4 is 16.9 Å². The molecule has 0 amide bonds. The van der Waals surface area contributed by atoms with Crippen molar-refractivity contribution in [2.75, 3.05) is 24.6 Å². The Morgan fingerprint density at radius 1 is 1.19 bits per heavy atom. The van der Waals surface area contributed by atoms with E-state index in [1.54, 1.807) is 13.1 Å². The van der Waals surface area contributed by atoms with Gasteiger partial charge in [0.05, 0.1) is 23.4 Å². The van der Waals surface area contributed by atoms with E-state index in [0.29, 0.717) is 23.4 Å². The van der Waals surface area contributed by atoms with E-state index in [1.165, 1.54) is 16.8 Å². The van der Waals surface area contributed by atoms with Gasteiger partial charge in [-0.25, -0.2) is 14.6 Å². The summed E-state index contributed by atoms with van der Waals surface area (Å²) in [5.41, 5.74) is 1.45. The van der Waals surface area contributed by atoms with E-state index < -0.39 is 11.7 Å². The lowest BCUT2D eigenvalue weighted by Crippen LogP contribution is -2.21. The van der Waals surface area contributed by atoms with Gasteiger partial charge < -0.3 is 9.64 Å². The SMILES string of the molecule is Cc1ccc(N2CC[C@H](CCOc3ccc(-c4cc5c(nnn5C)c(C#N)n4)cc3C(F)(F)F)C2)nc1. The topological polar surface area (TPSA) is 92.8 Å². The zero-order chi connectivity index (χ0) is 26.2. The zero-order valence-corrected chi connectivity index (χ0v) is 20.3. The van der Waals surface area contributed by atoms with Gasteiger partial charge in [-0.1, -0.05) is 11.3 Å². The number of hydrogen-bond acceptors (Lipinski definition) is 7. The van der Waals surface area contributed by atoms with Crippen LogP contribution in [0, 0.1) is 24.2 Å². The smallest absolute Gasteiger partial charge is 0.419 e. The summed E-state index contributed by atoms with van der Waals surface area (Å²) in [5, 5.41) is 17.2. The highest BCUT2D eigenvalue weighted by atomic mass is 19.4. The lowest BCUT2D eigenvalue weighted by Gasteiger charge is -2.18. The molecule has 3 aromatic heterocycles. The van der Waals surface area contributed by atoms with Crippen LogP contribution in [0.4, 0.5) is 19.0 Å². The fraction of sp³-hybridized carbons (Fsp3) is 0.346. The molecule has 1 saturated heterocycles. The molecule has 0 unspecified atom stereocenters. The Morgan fingerprint density at radius 2 is 2.03 bits per heavy atom. The maximum absolute atomic E-state index is 14.0. The molecule has 0 saturated carbocycles. The standard InChI is InChI=1S/C26H24F3N7O/c1-16-3-6-24(31-14-16)36-9-7-17(15-36)8-10-37-23-5-4-18(11-19(23)26(27,28)29)20-12-22-25(21(13-30)32-20)33-34-35(22)2/h3-6,11-12,14,17H,7-10,15H2,1-2H3/t17-/m1/s1. The molecule has 0 radical (unpaired) electrons. The van der Waals surface area contributed by atoms with Crippen molar-refractivity contribution in [3.8, 4) is 23.1 Å². The maximum atomic E-state index is 14.0. The average molecular weight is 508 g/mol. The van der Waals surface area contributed by atoms with Crippen LogP contribution in [-0.4, -0.2) is 44.7 Å². The highest BCUT2D eigenvalue weighted by Gasteiger charge is 2.35. The van der Waals surface area contributed by atoms with Crippen molar-refractivity contribution in [1.82, 2.24) is 25.0 Å². The third-order valence-corrected chi connectivity index (χ3v) is 6.58. The molecule has 11 heteroatoms. The van der Waals surface area contributed by atoms with Gasteiger partial charge in [-0.15, -0.1) is 5.10 Å². The Labute approximate surface area is 211 Å². The highest BCUT2D eigenvalue weighted by Crippen LogP contribution is 2.39. The molecule has 1 atom stereocenters. The number of aromatic nitrogens is 5. The van der Waals surface area contributed by atoms with E-state index in [2.05, 4.69) is 25.2 Å². The fourth-order valence-electron chi connectivity index (χ4n) is 4.55. The summed E-state index contributed by atoms with van der Waals surface area (Å²) in [4.78, 5) is 10.9. The van der Waals surface area contributed by atoms with Gasteiger partial charge in [-0.05, 0) is 61.6 Å². The van der Waals surface area contributed by atoms with E-state index >= 15 is 0 Å². The summed E-state index contributed by atoms with van der Waals surface area (Å²) in [6, 6.07) is 11.4. The molecular weight excluding hydrogens is 483 g/mol. The normalized spacial score (nSPS) is 15.8. The molecule has 37 heavy (non-hydrogen) atoms. The van der Waals surface area contributed by atoms with Crippen molar-refractivity contribution in [2.24, 2.45) is 13.0 Å². The van der Waals surface area contributed by atoms with E-state index in [0.717, 1.165) is 37.0 Å². The van der Waals surface area contributed by atoms with Crippen molar-refractivity contribution in [3.63, 3.8) is 0 Å². The quantitative estimate of drug-likeness (QED) is 0.366. The van der Waals surface area contributed by atoms with Crippen molar-refractivity contribution < 1.29 is 17.9 Å². The number of halogens is 3. The minimum Gasteiger partial charge on any atom is -0.493 e. The average Bonchev–Trinajstić information content (AvgIpc) is 3.50. The molecule has 1 aliphatic rings. The number of alkyl halides is 3. The largest absolute Gasteiger partial charge is 0.493 e. The van der Waals surface area contributed by atoms with E-state index in [-0.39, 0.29) is 29.3 Å². The fourth-order valence-corrected chi connectivity index (χ4v) is 4.55. The van der Waals surface area contributed by atoms with Gasteiger partial charge in [0.25, 0.3) is 0 Å². The number of rotatable bonds is 6. The Balaban J connectivity index is 1.31. The summed E-state index contributed by atoms with van der Waals surface area (Å²) in [7, 11) is 1.64. The van der Waals surface area contributed by atoms with Gasteiger partial charge in [0.1, 0.15) is 23.2 Å². The molecule has 4 heterocycles. The van der Waals surface area contributed by atoms with Crippen LogP contribution in [-0.2, 0) is 13.2 Å². The Hall–Kier alpha value is -4.20. The molecule has 8 nitrogen and oxygen atoms in total. The van der Waals surface area contributed by atoms with Gasteiger partial charge >= 0.3 is 6.18 Å². The first-order valence-electron chi connectivity index (χ1n) is 11.9. The summed E-state index contributed by atoms with van der Waals surface area (Å²) in [6.07, 6.45) is -1.22. The van der Waals surface area contributed by atoms with E-state index in [4.69, 9.17) is 4.74 Å². The molecule has 0 spiro atoms. The number of fused-ring (bicyclic) bond motifs is 1. The van der Waals surface area contributed by atoms with Crippen molar-refractivity contribution in [2.45, 2.75) is 25.9 Å². The minimum absolute atomic E-state index is 0.000861. The molecule has 0 bridgehead atoms. The Morgan fingerprint density at radius 3 is 2.76 bits per heavy atom. The zero-order valence-electron chi connectivity index (χ0n) is 20.3. The predicted octanol–water partition coefficient (Wildman–Crippen LogP) is 4.92. The lowest BCUT2D eigenvalue weighted by atomic mass is 10.0. The monoisotopic (exact) mass is 507 g/mol. The number of benzene rings is 1. The van der Waals surface area contributed by atoms with E-state index in [1.807, 2.05) is 31.3 Å². The van der Waals surface area contributed by atoms with Gasteiger partial charge in [-0.2, -0.15) is 18.4 Å². The van der Waals surface area contributed by atoms with E-state index in [9.17, 15) is 18.4 Å². The molecule has 5 rings (SSSR count). The summed E-state index contributed by atoms with van der Waals surface area (Å²) in [5.74, 6) is 0.997. The molecule has 1 aromatic carbocycles. The Kier molecular flexibility index (Phi) is 6.41. The molecule has 1 fully saturated rings. The number of hydrogen-bond donors (Lipinski definition) is 0. The molecule has 0 N–H and O–H groups in total. The van der Waals surface area contributed by atoms with Gasteiger partial charge in [0.2, 0.25) is 0 Å². The number of ether oxygens (including phenoxy) is 1. The van der Waals surface area contributed by atoms with Crippen molar-refractivity contribution in [3.05, 3.63) is 59.4 Å². The van der Waals surface area contributed by atoms with Crippen LogP contribution in [0.2, 0.25) is 0 Å². The summed E-state index contributed by atoms with van der Waals surface area (Å²) in [6.45, 7) is 3.81. The van der Waals surface area contributed by atoms with Crippen LogP contribution in [0.15, 0.2) is 42.6 Å². The summed E-state index contributed by atoms with van der Waals surface area (Å²) < 4.78 is 49.0. The van der Waals surface area contributed by atoms with Crippen LogP contribution >= 0.6 is 0 Å². The minimum atomic E-state index is -4.62. The van der Waals surface area contributed by atoms with Crippen LogP contribution in [0.1, 0.15) is 29.7 Å². The van der Waals surface area contributed by atoms with Crippen molar-refractivity contribution in [1.29, 1.82) is 5.26 Å². The Bertz CT molecular complexity index is 1470. The first-order valence-corrected chi connectivity index (χ1v) is 11.9. The van der Waals surface area contributed by atoms with Gasteiger partial charge in [-0.3, -0.25) is 0 Å². The van der Waals surface area contributed by atoms with Crippen LogP contribution in [0.5, 0.6) is 5.75 Å². The number of aryl methyl sites for hydroxylation is 2. The second kappa shape index (κ2) is 9.69. The molecule has 190 valence electrons. The van der Waals surface area contributed by atoms with Crippen LogP contribution < -0.4 is 9.64 Å². The lowest BCUT2D eigenvalue weighted by molar-refractivity contribution is -0.138. The molecule has 0 aliphatic carbocycles. The van der Waals surface area contributed by atoms with Gasteiger partial charge in [0.15, 0.2) is 5.69 Å².